The molecule has 0 amide bonds. The van der Waals surface area contributed by atoms with E-state index in [9.17, 15) is 9.36 Å². The Morgan fingerprint density at radius 2 is 2.00 bits per heavy atom. The summed E-state index contributed by atoms with van der Waals surface area (Å²) < 4.78 is 39.3. The SMILES string of the molecule is CCOC(=O)C(C)=C=C(CC(C)OC1CCCCO1)P(=O)(OC)OC. The van der Waals surface area contributed by atoms with Gasteiger partial charge in [0.15, 0.2) is 6.29 Å². The molecule has 0 N–H and O–H groups in total. The predicted molar refractivity (Wildman–Crippen MR) is 93.2 cm³/mol. The van der Waals surface area contributed by atoms with Gasteiger partial charge in [-0.1, -0.05) is 5.73 Å². The average molecular weight is 376 g/mol. The minimum Gasteiger partial charge on any atom is -0.462 e. The number of carbonyl (C=O) groups excluding carboxylic acids is 1. The standard InChI is InChI=1S/C17H29O7P/c1-6-22-17(18)13(2)11-15(25(19,20-4)21-5)12-14(3)24-16-9-7-8-10-23-16/h14,16H,6-10,12H2,1-5H3. The third-order valence-corrected chi connectivity index (χ3v) is 5.64. The van der Waals surface area contributed by atoms with E-state index in [-0.39, 0.29) is 36.3 Å². The molecule has 2 unspecified atom stereocenters. The minimum absolute atomic E-state index is 0.201. The summed E-state index contributed by atoms with van der Waals surface area (Å²) >= 11 is 0. The second-order valence-electron chi connectivity index (χ2n) is 5.73. The highest BCUT2D eigenvalue weighted by Gasteiger charge is 2.30. The van der Waals surface area contributed by atoms with Gasteiger partial charge in [0.05, 0.1) is 23.6 Å². The molecule has 0 saturated carbocycles. The van der Waals surface area contributed by atoms with Crippen LogP contribution in [0.25, 0.3) is 0 Å². The maximum Gasteiger partial charge on any atom is 0.364 e. The average Bonchev–Trinajstić information content (AvgIpc) is 2.61. The number of hydrogen-bond acceptors (Lipinski definition) is 7. The van der Waals surface area contributed by atoms with Gasteiger partial charge in [0.25, 0.3) is 0 Å². The zero-order valence-corrected chi connectivity index (χ0v) is 16.6. The molecule has 1 fully saturated rings. The summed E-state index contributed by atoms with van der Waals surface area (Å²) in [5, 5.41) is 0.242. The molecule has 144 valence electrons. The van der Waals surface area contributed by atoms with Crippen molar-refractivity contribution in [2.75, 3.05) is 27.4 Å². The molecule has 0 bridgehead atoms. The zero-order valence-electron chi connectivity index (χ0n) is 15.7. The summed E-state index contributed by atoms with van der Waals surface area (Å²) in [6.45, 7) is 6.03. The van der Waals surface area contributed by atoms with Crippen LogP contribution in [0.5, 0.6) is 0 Å². The van der Waals surface area contributed by atoms with Gasteiger partial charge >= 0.3 is 13.6 Å². The van der Waals surface area contributed by atoms with Gasteiger partial charge in [-0.05, 0) is 40.0 Å². The smallest absolute Gasteiger partial charge is 0.364 e. The Hall–Kier alpha value is -0.940. The molecular weight excluding hydrogens is 347 g/mol. The van der Waals surface area contributed by atoms with Gasteiger partial charge in [0.2, 0.25) is 0 Å². The van der Waals surface area contributed by atoms with Crippen LogP contribution in [0, 0.1) is 0 Å². The Kier molecular flexibility index (Phi) is 9.65. The number of rotatable bonds is 9. The van der Waals surface area contributed by atoms with Gasteiger partial charge in [-0.25, -0.2) is 4.79 Å². The first-order chi connectivity index (χ1) is 11.9. The van der Waals surface area contributed by atoms with E-state index in [1.165, 1.54) is 14.2 Å². The number of hydrogen-bond donors (Lipinski definition) is 0. The number of carbonyl (C=O) groups is 1. The van der Waals surface area contributed by atoms with Crippen LogP contribution in [-0.2, 0) is 32.6 Å². The summed E-state index contributed by atoms with van der Waals surface area (Å²) in [4.78, 5) is 11.8. The Balaban J connectivity index is 3.00. The van der Waals surface area contributed by atoms with Gasteiger partial charge in [0, 0.05) is 27.2 Å². The van der Waals surface area contributed by atoms with Crippen molar-refractivity contribution in [1.29, 1.82) is 0 Å². The maximum absolute atomic E-state index is 12.8. The fourth-order valence-corrected chi connectivity index (χ4v) is 3.81. The Morgan fingerprint density at radius 3 is 2.52 bits per heavy atom. The lowest BCUT2D eigenvalue weighted by Gasteiger charge is -2.27. The Morgan fingerprint density at radius 1 is 1.32 bits per heavy atom. The lowest BCUT2D eigenvalue weighted by Crippen LogP contribution is -2.26. The summed E-state index contributed by atoms with van der Waals surface area (Å²) in [5.41, 5.74) is 3.04. The molecule has 0 aromatic heterocycles. The maximum atomic E-state index is 12.8. The van der Waals surface area contributed by atoms with Gasteiger partial charge in [-0.3, -0.25) is 4.57 Å². The molecule has 0 aromatic rings. The second-order valence-corrected chi connectivity index (χ2v) is 7.99. The third kappa shape index (κ3) is 7.06. The molecule has 1 rings (SSSR count). The molecule has 1 saturated heterocycles. The molecule has 2 atom stereocenters. The normalized spacial score (nSPS) is 19.0. The first kappa shape index (κ1) is 22.1. The lowest BCUT2D eigenvalue weighted by atomic mass is 10.2. The predicted octanol–water partition coefficient (Wildman–Crippen LogP) is 3.79. The molecule has 0 spiro atoms. The molecule has 0 aliphatic carbocycles. The van der Waals surface area contributed by atoms with Crippen LogP contribution in [-0.4, -0.2) is 45.8 Å². The quantitative estimate of drug-likeness (QED) is 0.262. The summed E-state index contributed by atoms with van der Waals surface area (Å²) in [5.74, 6) is -0.525. The number of ether oxygens (including phenoxy) is 3. The zero-order chi connectivity index (χ0) is 18.9. The van der Waals surface area contributed by atoms with Crippen LogP contribution in [0.3, 0.4) is 0 Å². The van der Waals surface area contributed by atoms with Crippen molar-refractivity contribution in [1.82, 2.24) is 0 Å². The van der Waals surface area contributed by atoms with Gasteiger partial charge in [-0.2, -0.15) is 0 Å². The van der Waals surface area contributed by atoms with E-state index in [1.807, 2.05) is 6.92 Å². The topological polar surface area (TPSA) is 80.3 Å². The second kappa shape index (κ2) is 10.9. The lowest BCUT2D eigenvalue weighted by molar-refractivity contribution is -0.183. The Labute approximate surface area is 149 Å². The molecule has 1 aliphatic rings. The Bertz CT molecular complexity index is 537. The van der Waals surface area contributed by atoms with Crippen molar-refractivity contribution >= 4 is 13.6 Å². The fraction of sp³-hybridized carbons (Fsp3) is 0.765. The van der Waals surface area contributed by atoms with Crippen LogP contribution in [0.4, 0.5) is 0 Å². The van der Waals surface area contributed by atoms with Crippen LogP contribution in [0.1, 0.15) is 46.5 Å². The first-order valence-electron chi connectivity index (χ1n) is 8.49. The van der Waals surface area contributed by atoms with Crippen molar-refractivity contribution in [2.24, 2.45) is 0 Å². The molecular formula is C17H29O7P. The van der Waals surface area contributed by atoms with E-state index in [2.05, 4.69) is 5.73 Å². The van der Waals surface area contributed by atoms with Crippen molar-refractivity contribution in [2.45, 2.75) is 58.8 Å². The summed E-state index contributed by atoms with van der Waals surface area (Å²) in [7, 11) is -0.969. The highest BCUT2D eigenvalue weighted by molar-refractivity contribution is 7.58. The minimum atomic E-state index is -3.55. The van der Waals surface area contributed by atoms with Gasteiger partial charge in [0.1, 0.15) is 0 Å². The molecule has 7 nitrogen and oxygen atoms in total. The van der Waals surface area contributed by atoms with Crippen LogP contribution in [0.15, 0.2) is 16.6 Å². The van der Waals surface area contributed by atoms with Gasteiger partial charge in [-0.15, -0.1) is 0 Å². The van der Waals surface area contributed by atoms with E-state index in [4.69, 9.17) is 23.3 Å². The highest BCUT2D eigenvalue weighted by Crippen LogP contribution is 2.56. The first-order valence-corrected chi connectivity index (χ1v) is 10.0. The number of esters is 1. The van der Waals surface area contributed by atoms with E-state index in [0.29, 0.717) is 6.61 Å². The molecule has 0 radical (unpaired) electrons. The third-order valence-electron chi connectivity index (χ3n) is 3.73. The highest BCUT2D eigenvalue weighted by atomic mass is 31.2. The molecule has 1 heterocycles. The van der Waals surface area contributed by atoms with Crippen molar-refractivity contribution in [3.8, 4) is 0 Å². The van der Waals surface area contributed by atoms with Gasteiger partial charge < -0.3 is 23.3 Å². The van der Waals surface area contributed by atoms with E-state index in [0.717, 1.165) is 19.3 Å². The summed E-state index contributed by atoms with van der Waals surface area (Å²) in [6.07, 6.45) is 2.56. The van der Waals surface area contributed by atoms with E-state index in [1.54, 1.807) is 13.8 Å². The molecule has 1 aliphatic heterocycles. The summed E-state index contributed by atoms with van der Waals surface area (Å²) in [6, 6.07) is 0. The van der Waals surface area contributed by atoms with Crippen LogP contribution >= 0.6 is 7.60 Å². The molecule has 0 aromatic carbocycles. The van der Waals surface area contributed by atoms with Crippen LogP contribution in [0.2, 0.25) is 0 Å². The monoisotopic (exact) mass is 376 g/mol. The molecule has 8 heteroatoms. The van der Waals surface area contributed by atoms with E-state index >= 15 is 0 Å². The van der Waals surface area contributed by atoms with Crippen molar-refractivity contribution < 1.29 is 32.6 Å². The fourth-order valence-electron chi connectivity index (χ4n) is 2.43. The van der Waals surface area contributed by atoms with Crippen LogP contribution < -0.4 is 0 Å². The largest absolute Gasteiger partial charge is 0.462 e. The van der Waals surface area contributed by atoms with Crippen molar-refractivity contribution in [3.05, 3.63) is 16.6 Å². The van der Waals surface area contributed by atoms with E-state index < -0.39 is 13.6 Å². The molecule has 25 heavy (non-hydrogen) atoms. The van der Waals surface area contributed by atoms with Crippen molar-refractivity contribution in [3.63, 3.8) is 0 Å².